The molecule has 2 aromatic heterocycles. The number of nitrogens with one attached hydrogen (secondary N) is 2. The second-order valence-corrected chi connectivity index (χ2v) is 6.48. The van der Waals surface area contributed by atoms with Crippen LogP contribution in [0.25, 0.3) is 12.2 Å². The lowest BCUT2D eigenvalue weighted by Crippen LogP contribution is -2.40. The molecule has 0 aromatic carbocycles. The van der Waals surface area contributed by atoms with Crippen LogP contribution in [-0.4, -0.2) is 43.8 Å². The van der Waals surface area contributed by atoms with Crippen LogP contribution in [0.15, 0.2) is 39.1 Å². The number of hydrogen-bond donors (Lipinski definition) is 2. The highest BCUT2D eigenvalue weighted by Gasteiger charge is 2.20. The van der Waals surface area contributed by atoms with Gasteiger partial charge in [0.1, 0.15) is 22.8 Å². The molecule has 0 fully saturated rings. The van der Waals surface area contributed by atoms with E-state index in [1.54, 1.807) is 51.4 Å². The molecular weight excluding hydrogens is 336 g/mol. The first-order chi connectivity index (χ1) is 12.3. The van der Waals surface area contributed by atoms with Gasteiger partial charge in [0.25, 0.3) is 5.56 Å². The van der Waals surface area contributed by atoms with Gasteiger partial charge < -0.3 is 14.7 Å². The number of hydrogen-bond acceptors (Lipinski definition) is 6. The van der Waals surface area contributed by atoms with Crippen molar-refractivity contribution in [1.29, 1.82) is 0 Å². The minimum absolute atomic E-state index is 0.216. The molecule has 9 nitrogen and oxygen atoms in total. The summed E-state index contributed by atoms with van der Waals surface area (Å²) in [6, 6.07) is 0. The molecule has 26 heavy (non-hydrogen) atoms. The van der Waals surface area contributed by atoms with Gasteiger partial charge in [0.05, 0.1) is 30.1 Å². The maximum absolute atomic E-state index is 12.7. The van der Waals surface area contributed by atoms with Gasteiger partial charge in [0, 0.05) is 0 Å². The van der Waals surface area contributed by atoms with Crippen LogP contribution in [0.5, 0.6) is 0 Å². The Kier molecular flexibility index (Phi) is 4.53. The van der Waals surface area contributed by atoms with Gasteiger partial charge in [-0.15, -0.1) is 0 Å². The minimum atomic E-state index is -0.767. The first-order valence-corrected chi connectivity index (χ1v) is 7.86. The van der Waals surface area contributed by atoms with E-state index in [9.17, 15) is 9.59 Å². The predicted molar refractivity (Wildman–Crippen MR) is 97.6 cm³/mol. The summed E-state index contributed by atoms with van der Waals surface area (Å²) in [4.78, 5) is 42.8. The van der Waals surface area contributed by atoms with Gasteiger partial charge in [-0.05, 0) is 39.0 Å². The van der Waals surface area contributed by atoms with Crippen LogP contribution in [0.3, 0.4) is 0 Å². The summed E-state index contributed by atoms with van der Waals surface area (Å²) in [6.07, 6.45) is 10.0. The molecule has 134 valence electrons. The summed E-state index contributed by atoms with van der Waals surface area (Å²) in [5.74, 6) is 0. The molecule has 3 heterocycles. The van der Waals surface area contributed by atoms with Gasteiger partial charge in [0.2, 0.25) is 0 Å². The highest BCUT2D eigenvalue weighted by Crippen LogP contribution is 2.07. The van der Waals surface area contributed by atoms with Crippen molar-refractivity contribution in [2.45, 2.75) is 26.4 Å². The number of aromatic nitrogens is 4. The van der Waals surface area contributed by atoms with Crippen LogP contribution in [-0.2, 0) is 4.74 Å². The average molecular weight is 354 g/mol. The van der Waals surface area contributed by atoms with Crippen LogP contribution in [0.1, 0.15) is 26.5 Å². The summed E-state index contributed by atoms with van der Waals surface area (Å²) in [5, 5.41) is 0.216. The van der Waals surface area contributed by atoms with Crippen molar-refractivity contribution in [2.24, 2.45) is 9.98 Å². The van der Waals surface area contributed by atoms with Gasteiger partial charge in [-0.3, -0.25) is 4.79 Å². The predicted octanol–water partition coefficient (Wildman–Crippen LogP) is 0.289. The zero-order chi connectivity index (χ0) is 18.7. The maximum Gasteiger partial charge on any atom is 0.423 e. The first kappa shape index (κ1) is 17.3. The van der Waals surface area contributed by atoms with Crippen molar-refractivity contribution in [3.8, 4) is 0 Å². The van der Waals surface area contributed by atoms with E-state index < -0.39 is 17.3 Å². The molecule has 1 aliphatic heterocycles. The van der Waals surface area contributed by atoms with Crippen LogP contribution < -0.4 is 16.4 Å². The van der Waals surface area contributed by atoms with Crippen molar-refractivity contribution in [1.82, 2.24) is 19.5 Å². The highest BCUT2D eigenvalue weighted by atomic mass is 16.6. The van der Waals surface area contributed by atoms with E-state index in [1.165, 1.54) is 12.7 Å². The molecular formula is C17H18N6O3. The van der Waals surface area contributed by atoms with Crippen LogP contribution in [0.2, 0.25) is 0 Å². The number of ether oxygens (including phenoxy) is 1. The van der Waals surface area contributed by atoms with Crippen LogP contribution in [0, 0.1) is 0 Å². The second kappa shape index (κ2) is 6.79. The smallest absolute Gasteiger partial charge is 0.423 e. The Morgan fingerprint density at radius 3 is 2.73 bits per heavy atom. The number of aromatic amines is 2. The Morgan fingerprint density at radius 2 is 2.12 bits per heavy atom. The van der Waals surface area contributed by atoms with Crippen molar-refractivity contribution in [3.05, 3.63) is 51.2 Å². The number of nitrogens with zero attached hydrogens (tertiary/aromatic N) is 4. The maximum atomic E-state index is 12.7. The lowest BCUT2D eigenvalue weighted by Gasteiger charge is -2.18. The topological polar surface area (TPSA) is 117 Å². The highest BCUT2D eigenvalue weighted by molar-refractivity contribution is 5.92. The molecule has 0 amide bonds. The van der Waals surface area contributed by atoms with Crippen molar-refractivity contribution < 1.29 is 9.53 Å². The van der Waals surface area contributed by atoms with Gasteiger partial charge in [-0.2, -0.15) is 4.57 Å². The van der Waals surface area contributed by atoms with Crippen molar-refractivity contribution in [2.75, 3.05) is 0 Å². The molecule has 2 N–H and O–H groups in total. The number of imidazole rings is 2. The molecule has 0 radical (unpaired) electrons. The molecule has 0 unspecified atom stereocenters. The Balaban J connectivity index is 2.15. The Morgan fingerprint density at radius 1 is 1.31 bits per heavy atom. The summed E-state index contributed by atoms with van der Waals surface area (Å²) >= 11 is 0. The lowest BCUT2D eigenvalue weighted by atomic mass is 10.2. The molecule has 1 aliphatic rings. The number of allylic oxidation sites excluding steroid dienone is 2. The molecule has 9 heteroatoms. The molecule has 0 spiro atoms. The Labute approximate surface area is 148 Å². The van der Waals surface area contributed by atoms with E-state index in [1.807, 2.05) is 0 Å². The number of aliphatic imine (C=N–C) groups is 2. The third-order valence-corrected chi connectivity index (χ3v) is 3.22. The van der Waals surface area contributed by atoms with E-state index in [0.29, 0.717) is 11.4 Å². The third-order valence-electron chi connectivity index (χ3n) is 3.22. The average Bonchev–Trinajstić information content (AvgIpc) is 3.27. The second-order valence-electron chi connectivity index (χ2n) is 6.48. The molecule has 3 rings (SSSR count). The normalized spacial score (nSPS) is 16.8. The van der Waals surface area contributed by atoms with E-state index in [-0.39, 0.29) is 10.8 Å². The van der Waals surface area contributed by atoms with Crippen LogP contribution in [0.4, 0.5) is 4.79 Å². The number of carbonyl (C=O) groups is 1. The number of carbonyl (C=O) groups excluding carboxylic acids is 1. The molecule has 0 atom stereocenters. The van der Waals surface area contributed by atoms with Gasteiger partial charge in [-0.1, -0.05) is 0 Å². The molecule has 0 bridgehead atoms. The van der Waals surface area contributed by atoms with E-state index in [0.717, 1.165) is 4.57 Å². The summed E-state index contributed by atoms with van der Waals surface area (Å²) in [7, 11) is 0. The summed E-state index contributed by atoms with van der Waals surface area (Å²) < 4.78 is 6.28. The monoisotopic (exact) mass is 354 g/mol. The minimum Gasteiger partial charge on any atom is -0.443 e. The third kappa shape index (κ3) is 3.94. The summed E-state index contributed by atoms with van der Waals surface area (Å²) in [6.45, 7) is 5.19. The SMILES string of the molecule is CC(C)(C)OC(=O)n1c(=O)/c(=C/c2cnc[nH]2)[nH]/c1=C/C=C1\C=NC=N1. The fraction of sp³-hybridized carbons (Fsp3) is 0.235. The molecule has 0 saturated heterocycles. The first-order valence-electron chi connectivity index (χ1n) is 7.86. The van der Waals surface area contributed by atoms with Gasteiger partial charge in [-0.25, -0.2) is 19.8 Å². The van der Waals surface area contributed by atoms with Crippen molar-refractivity contribution >= 4 is 30.8 Å². The zero-order valence-electron chi connectivity index (χ0n) is 14.6. The van der Waals surface area contributed by atoms with Crippen LogP contribution >= 0.6 is 0 Å². The van der Waals surface area contributed by atoms with Gasteiger partial charge in [0.15, 0.2) is 0 Å². The number of rotatable bonds is 2. The quantitative estimate of drug-likeness (QED) is 0.806. The van der Waals surface area contributed by atoms with E-state index in [4.69, 9.17) is 4.74 Å². The number of H-pyrrole nitrogens is 2. The summed E-state index contributed by atoms with van der Waals surface area (Å²) in [5.41, 5.74) is 0.221. The van der Waals surface area contributed by atoms with E-state index >= 15 is 0 Å². The molecule has 0 aliphatic carbocycles. The van der Waals surface area contributed by atoms with Gasteiger partial charge >= 0.3 is 6.09 Å². The molecule has 0 saturated carbocycles. The molecule has 2 aromatic rings. The largest absolute Gasteiger partial charge is 0.443 e. The van der Waals surface area contributed by atoms with Crippen molar-refractivity contribution in [3.63, 3.8) is 0 Å². The van der Waals surface area contributed by atoms with E-state index in [2.05, 4.69) is 24.9 Å². The fourth-order valence-corrected chi connectivity index (χ4v) is 2.17. The lowest BCUT2D eigenvalue weighted by molar-refractivity contribution is 0.0526. The zero-order valence-corrected chi connectivity index (χ0v) is 14.6. The fourth-order valence-electron chi connectivity index (χ4n) is 2.17. The standard InChI is InChI=1S/C17H18N6O3/c1-17(2,3)26-16(25)23-14(5-4-11-7-18-9-20-11)22-13(15(23)24)6-12-8-19-10-21-12/h4-10,22H,1-3H3,(H,19,21)/b11-4+,13-6-,14-5-. The Bertz CT molecular complexity index is 1060. The Hall–Kier alpha value is -3.49.